The van der Waals surface area contributed by atoms with E-state index in [0.29, 0.717) is 11.3 Å². The number of H-pyrrole nitrogens is 1. The molecule has 0 fully saturated rings. The van der Waals surface area contributed by atoms with E-state index in [1.54, 1.807) is 24.3 Å². The highest BCUT2D eigenvalue weighted by Crippen LogP contribution is 2.19. The largest absolute Gasteiger partial charge is 0.394 e. The summed E-state index contributed by atoms with van der Waals surface area (Å²) in [6, 6.07) is 8.45. The van der Waals surface area contributed by atoms with Crippen molar-refractivity contribution in [1.82, 2.24) is 20.6 Å². The molecule has 0 spiro atoms. The van der Waals surface area contributed by atoms with Gasteiger partial charge in [-0.05, 0) is 22.9 Å². The maximum atomic E-state index is 9.75. The number of anilines is 1. The Morgan fingerprint density at radius 3 is 2.64 bits per heavy atom. The number of aliphatic hydroxyl groups is 3. The van der Waals surface area contributed by atoms with E-state index in [2.05, 4.69) is 25.9 Å². The van der Waals surface area contributed by atoms with Crippen LogP contribution in [0.15, 0.2) is 30.5 Å². The number of aliphatic hydroxyl groups excluding tert-OH is 3. The van der Waals surface area contributed by atoms with Crippen molar-refractivity contribution in [3.8, 4) is 6.07 Å². The van der Waals surface area contributed by atoms with E-state index in [1.165, 1.54) is 6.20 Å². The maximum absolute atomic E-state index is 9.75. The summed E-state index contributed by atoms with van der Waals surface area (Å²) < 4.78 is 0. The van der Waals surface area contributed by atoms with Crippen molar-refractivity contribution in [3.05, 3.63) is 41.9 Å². The molecule has 0 amide bonds. The van der Waals surface area contributed by atoms with Gasteiger partial charge in [-0.15, -0.1) is 10.2 Å². The summed E-state index contributed by atoms with van der Waals surface area (Å²) in [4.78, 5) is 0. The molecular formula is C13H14N6O3. The SMILES string of the molecule is N#CC(=CNc1ccc(C(O)C(O)CO)cc1)c1nn[nH]n1. The van der Waals surface area contributed by atoms with Gasteiger partial charge in [-0.1, -0.05) is 12.1 Å². The van der Waals surface area contributed by atoms with E-state index in [1.807, 2.05) is 6.07 Å². The minimum absolute atomic E-state index is 0.174. The molecule has 9 heteroatoms. The third-order valence-corrected chi connectivity index (χ3v) is 2.89. The fourth-order valence-corrected chi connectivity index (χ4v) is 1.68. The van der Waals surface area contributed by atoms with Crippen LogP contribution in [-0.2, 0) is 0 Å². The van der Waals surface area contributed by atoms with Crippen molar-refractivity contribution < 1.29 is 15.3 Å². The van der Waals surface area contributed by atoms with Gasteiger partial charge in [0, 0.05) is 11.9 Å². The van der Waals surface area contributed by atoms with Crippen LogP contribution < -0.4 is 5.32 Å². The van der Waals surface area contributed by atoms with Crippen LogP contribution in [0.4, 0.5) is 5.69 Å². The minimum Gasteiger partial charge on any atom is -0.394 e. The fraction of sp³-hybridized carbons (Fsp3) is 0.231. The molecule has 114 valence electrons. The van der Waals surface area contributed by atoms with E-state index >= 15 is 0 Å². The zero-order valence-electron chi connectivity index (χ0n) is 11.4. The van der Waals surface area contributed by atoms with Crippen molar-refractivity contribution in [1.29, 1.82) is 5.26 Å². The van der Waals surface area contributed by atoms with Crippen LogP contribution in [0, 0.1) is 11.3 Å². The van der Waals surface area contributed by atoms with Crippen LogP contribution in [0.5, 0.6) is 0 Å². The average molecular weight is 302 g/mol. The molecule has 2 rings (SSSR count). The molecule has 2 aromatic rings. The minimum atomic E-state index is -1.23. The van der Waals surface area contributed by atoms with Crippen molar-refractivity contribution >= 4 is 11.3 Å². The molecule has 1 aromatic carbocycles. The van der Waals surface area contributed by atoms with Crippen LogP contribution in [0.2, 0.25) is 0 Å². The van der Waals surface area contributed by atoms with Gasteiger partial charge in [0.1, 0.15) is 23.9 Å². The van der Waals surface area contributed by atoms with Gasteiger partial charge in [-0.3, -0.25) is 0 Å². The van der Waals surface area contributed by atoms with Gasteiger partial charge in [-0.25, -0.2) is 0 Å². The summed E-state index contributed by atoms with van der Waals surface area (Å²) >= 11 is 0. The van der Waals surface area contributed by atoms with Gasteiger partial charge in [0.15, 0.2) is 0 Å². The molecule has 9 nitrogen and oxygen atoms in total. The summed E-state index contributed by atoms with van der Waals surface area (Å²) in [5.41, 5.74) is 1.33. The van der Waals surface area contributed by atoms with Gasteiger partial charge in [-0.2, -0.15) is 10.5 Å². The van der Waals surface area contributed by atoms with Crippen LogP contribution in [0.25, 0.3) is 5.57 Å². The molecule has 2 unspecified atom stereocenters. The number of aromatic nitrogens is 4. The smallest absolute Gasteiger partial charge is 0.216 e. The predicted octanol–water partition coefficient (Wildman–Crippen LogP) is -0.437. The van der Waals surface area contributed by atoms with Gasteiger partial charge in [0.05, 0.1) is 6.61 Å². The Hall–Kier alpha value is -2.80. The molecule has 2 atom stereocenters. The molecular weight excluding hydrogens is 288 g/mol. The predicted molar refractivity (Wildman–Crippen MR) is 75.9 cm³/mol. The van der Waals surface area contributed by atoms with Crippen molar-refractivity contribution in [2.75, 3.05) is 11.9 Å². The number of rotatable bonds is 6. The van der Waals surface area contributed by atoms with Crippen LogP contribution in [-0.4, -0.2) is 48.7 Å². The highest BCUT2D eigenvalue weighted by Gasteiger charge is 2.16. The first-order valence-electron chi connectivity index (χ1n) is 6.33. The molecule has 1 aromatic heterocycles. The summed E-state index contributed by atoms with van der Waals surface area (Å²) in [5.74, 6) is 0.174. The third-order valence-electron chi connectivity index (χ3n) is 2.89. The van der Waals surface area contributed by atoms with Crippen LogP contribution >= 0.6 is 0 Å². The zero-order valence-corrected chi connectivity index (χ0v) is 11.4. The lowest BCUT2D eigenvalue weighted by atomic mass is 10.0. The number of allylic oxidation sites excluding steroid dienone is 1. The number of nitriles is 1. The molecule has 0 saturated heterocycles. The normalized spacial score (nSPS) is 14.2. The fourth-order valence-electron chi connectivity index (χ4n) is 1.68. The topological polar surface area (TPSA) is 151 Å². The molecule has 22 heavy (non-hydrogen) atoms. The van der Waals surface area contributed by atoms with Crippen LogP contribution in [0.1, 0.15) is 17.5 Å². The summed E-state index contributed by atoms with van der Waals surface area (Å²) in [5, 5.41) is 52.9. The number of benzene rings is 1. The average Bonchev–Trinajstić information content (AvgIpc) is 3.09. The number of nitrogens with one attached hydrogen (secondary N) is 2. The van der Waals surface area contributed by atoms with Crippen LogP contribution in [0.3, 0.4) is 0 Å². The number of aromatic amines is 1. The van der Waals surface area contributed by atoms with E-state index in [4.69, 9.17) is 10.4 Å². The first kappa shape index (κ1) is 15.6. The quantitative estimate of drug-likeness (QED) is 0.451. The Morgan fingerprint density at radius 1 is 1.36 bits per heavy atom. The Morgan fingerprint density at radius 2 is 2.09 bits per heavy atom. The second kappa shape index (κ2) is 7.28. The summed E-state index contributed by atoms with van der Waals surface area (Å²) in [6.07, 6.45) is -0.968. The molecule has 0 saturated carbocycles. The van der Waals surface area contributed by atoms with Crippen molar-refractivity contribution in [3.63, 3.8) is 0 Å². The number of tetrazole rings is 1. The van der Waals surface area contributed by atoms with E-state index < -0.39 is 18.8 Å². The lowest BCUT2D eigenvalue weighted by molar-refractivity contribution is -0.0152. The highest BCUT2D eigenvalue weighted by molar-refractivity contribution is 5.73. The maximum Gasteiger partial charge on any atom is 0.216 e. The third kappa shape index (κ3) is 3.64. The number of hydrogen-bond acceptors (Lipinski definition) is 8. The monoisotopic (exact) mass is 302 g/mol. The second-order valence-electron chi connectivity index (χ2n) is 4.37. The van der Waals surface area contributed by atoms with E-state index in [9.17, 15) is 10.2 Å². The number of nitrogens with zero attached hydrogens (tertiary/aromatic N) is 4. The molecule has 0 aliphatic carbocycles. The Bertz CT molecular complexity index is 662. The Balaban J connectivity index is 2.07. The van der Waals surface area contributed by atoms with Gasteiger partial charge < -0.3 is 20.6 Å². The van der Waals surface area contributed by atoms with Gasteiger partial charge in [0.25, 0.3) is 0 Å². The molecule has 5 N–H and O–H groups in total. The van der Waals surface area contributed by atoms with Gasteiger partial charge >= 0.3 is 0 Å². The van der Waals surface area contributed by atoms with E-state index in [-0.39, 0.29) is 11.4 Å². The highest BCUT2D eigenvalue weighted by atomic mass is 16.4. The zero-order chi connectivity index (χ0) is 15.9. The molecule has 1 heterocycles. The van der Waals surface area contributed by atoms with Gasteiger partial charge in [0.2, 0.25) is 5.82 Å². The summed E-state index contributed by atoms with van der Waals surface area (Å²) in [7, 11) is 0. The number of hydrogen-bond donors (Lipinski definition) is 5. The molecule has 0 radical (unpaired) electrons. The summed E-state index contributed by atoms with van der Waals surface area (Å²) in [6.45, 7) is -0.528. The lowest BCUT2D eigenvalue weighted by Gasteiger charge is -2.16. The van der Waals surface area contributed by atoms with Crippen molar-refractivity contribution in [2.45, 2.75) is 12.2 Å². The Kier molecular flexibility index (Phi) is 5.16. The molecule has 0 aliphatic rings. The van der Waals surface area contributed by atoms with E-state index in [0.717, 1.165) is 0 Å². The lowest BCUT2D eigenvalue weighted by Crippen LogP contribution is -2.21. The second-order valence-corrected chi connectivity index (χ2v) is 4.37. The Labute approximate surface area is 125 Å². The standard InChI is InChI=1S/C13H14N6O3/c14-5-9(13-16-18-19-17-13)6-15-10-3-1-8(2-4-10)12(22)11(21)7-20/h1-4,6,11-12,15,20-22H,7H2,(H,16,17,18,19). The molecule has 0 aliphatic heterocycles. The van der Waals surface area contributed by atoms with Crippen molar-refractivity contribution in [2.24, 2.45) is 0 Å². The first-order valence-corrected chi connectivity index (χ1v) is 6.33. The molecule has 0 bridgehead atoms. The first-order chi connectivity index (χ1) is 10.7.